The quantitative estimate of drug-likeness (QED) is 0.785. The largest absolute Gasteiger partial charge is 0.323 e. The Bertz CT molecular complexity index is 1140. The van der Waals surface area contributed by atoms with Crippen molar-refractivity contribution in [2.24, 2.45) is 5.92 Å². The van der Waals surface area contributed by atoms with Crippen LogP contribution in [-0.4, -0.2) is 62.2 Å². The molecule has 2 aromatic carbocycles. The van der Waals surface area contributed by atoms with Crippen LogP contribution in [0.25, 0.3) is 17.2 Å². The lowest BCUT2D eigenvalue weighted by Gasteiger charge is -2.42. The Kier molecular flexibility index (Phi) is 5.10. The molecule has 162 valence electrons. The molecule has 2 saturated heterocycles. The summed E-state index contributed by atoms with van der Waals surface area (Å²) in [7, 11) is -3.36. The van der Waals surface area contributed by atoms with Crippen molar-refractivity contribution < 1.29 is 13.2 Å². The van der Waals surface area contributed by atoms with E-state index in [9.17, 15) is 13.2 Å². The van der Waals surface area contributed by atoms with Crippen LogP contribution in [0.2, 0.25) is 0 Å². The lowest BCUT2D eigenvalue weighted by Crippen LogP contribution is -2.57. The van der Waals surface area contributed by atoms with Crippen LogP contribution >= 0.6 is 0 Å². The second kappa shape index (κ2) is 7.80. The zero-order valence-electron chi connectivity index (χ0n) is 17.6. The van der Waals surface area contributed by atoms with Gasteiger partial charge in [0.05, 0.1) is 12.3 Å². The molecule has 7 heteroatoms. The molecule has 4 aliphatic heterocycles. The summed E-state index contributed by atoms with van der Waals surface area (Å²) in [5.74, 6) is 0.345. The Morgan fingerprint density at radius 1 is 1.06 bits per heavy atom. The first-order chi connectivity index (χ1) is 14.9. The summed E-state index contributed by atoms with van der Waals surface area (Å²) in [4.78, 5) is 17.0. The minimum Gasteiger partial charge on any atom is -0.323 e. The van der Waals surface area contributed by atoms with E-state index >= 15 is 0 Å². The van der Waals surface area contributed by atoms with Gasteiger partial charge in [-0.1, -0.05) is 60.7 Å². The summed E-state index contributed by atoms with van der Waals surface area (Å²) < 4.78 is 26.7. The zero-order valence-corrected chi connectivity index (χ0v) is 18.4. The first-order valence-corrected chi connectivity index (χ1v) is 12.7. The lowest BCUT2D eigenvalue weighted by molar-refractivity contribution is 0.101. The van der Waals surface area contributed by atoms with E-state index in [-0.39, 0.29) is 18.1 Å². The van der Waals surface area contributed by atoms with Gasteiger partial charge in [0.1, 0.15) is 0 Å². The Hall–Kier alpha value is -2.64. The maximum absolute atomic E-state index is 13.2. The second-order valence-corrected chi connectivity index (χ2v) is 10.6. The highest BCUT2D eigenvalue weighted by molar-refractivity contribution is 7.88. The molecule has 4 aliphatic rings. The maximum atomic E-state index is 13.2. The van der Waals surface area contributed by atoms with E-state index < -0.39 is 10.0 Å². The van der Waals surface area contributed by atoms with Crippen molar-refractivity contribution in [3.05, 3.63) is 65.7 Å². The van der Waals surface area contributed by atoms with Gasteiger partial charge in [-0.2, -0.15) is 0 Å². The number of benzene rings is 2. The molecule has 2 aromatic rings. The third kappa shape index (κ3) is 4.12. The summed E-state index contributed by atoms with van der Waals surface area (Å²) in [5.41, 5.74) is 4.58. The molecule has 0 radical (unpaired) electrons. The van der Waals surface area contributed by atoms with Crippen molar-refractivity contribution in [2.75, 3.05) is 25.9 Å². The van der Waals surface area contributed by atoms with Crippen molar-refractivity contribution in [2.45, 2.75) is 24.9 Å². The van der Waals surface area contributed by atoms with E-state index in [0.29, 0.717) is 38.4 Å². The van der Waals surface area contributed by atoms with Crippen molar-refractivity contribution >= 4 is 22.1 Å². The van der Waals surface area contributed by atoms with Gasteiger partial charge in [-0.05, 0) is 35.1 Å². The Labute approximate surface area is 183 Å². The van der Waals surface area contributed by atoms with E-state index in [0.717, 1.165) is 11.1 Å². The minimum absolute atomic E-state index is 0.0149. The standard InChI is InChI=1S/C24H27N3O3S/c1-31(29,30)25-22-11-12-27-23(22)14-17-5-4-7-20(13-17)21-8-3-2-6-19(21)10-9-18-15-26(16-18)24(27)28/h2-10,13,18,22-23,25H,11-12,14-16H2,1H3/b10-9+. The predicted molar refractivity (Wildman–Crippen MR) is 122 cm³/mol. The normalized spacial score (nSPS) is 26.5. The third-order valence-corrected chi connectivity index (χ3v) is 7.26. The van der Waals surface area contributed by atoms with Crippen molar-refractivity contribution in [1.29, 1.82) is 0 Å². The Morgan fingerprint density at radius 2 is 1.87 bits per heavy atom. The van der Waals surface area contributed by atoms with Gasteiger partial charge in [0.15, 0.2) is 0 Å². The number of urea groups is 1. The number of hydrogen-bond donors (Lipinski definition) is 1. The van der Waals surface area contributed by atoms with Gasteiger partial charge in [-0.15, -0.1) is 0 Å². The lowest BCUT2D eigenvalue weighted by atomic mass is 9.92. The first-order valence-electron chi connectivity index (χ1n) is 10.8. The number of nitrogens with one attached hydrogen (secondary N) is 1. The fourth-order valence-electron chi connectivity index (χ4n) is 4.98. The number of carbonyl (C=O) groups excluding carboxylic acids is 1. The van der Waals surface area contributed by atoms with Gasteiger partial charge in [-0.3, -0.25) is 0 Å². The molecule has 4 bridgehead atoms. The molecular weight excluding hydrogens is 410 g/mol. The second-order valence-electron chi connectivity index (χ2n) is 8.84. The number of hydrogen-bond acceptors (Lipinski definition) is 3. The highest BCUT2D eigenvalue weighted by Gasteiger charge is 2.42. The molecule has 2 unspecified atom stereocenters. The summed E-state index contributed by atoms with van der Waals surface area (Å²) in [5, 5.41) is 0. The first kappa shape index (κ1) is 20.3. The minimum atomic E-state index is -3.36. The van der Waals surface area contributed by atoms with E-state index in [1.807, 2.05) is 21.9 Å². The summed E-state index contributed by atoms with van der Waals surface area (Å²) in [6.07, 6.45) is 6.80. The van der Waals surface area contributed by atoms with Crippen molar-refractivity contribution in [3.8, 4) is 11.1 Å². The zero-order chi connectivity index (χ0) is 21.6. The average molecular weight is 438 g/mol. The number of nitrogens with zero attached hydrogens (tertiary/aromatic N) is 2. The molecule has 2 fully saturated rings. The molecule has 1 N–H and O–H groups in total. The smallest absolute Gasteiger partial charge is 0.320 e. The van der Waals surface area contributed by atoms with Gasteiger partial charge in [0.2, 0.25) is 10.0 Å². The van der Waals surface area contributed by atoms with Gasteiger partial charge in [0, 0.05) is 31.6 Å². The molecule has 6 rings (SSSR count). The van der Waals surface area contributed by atoms with Crippen LogP contribution in [0.3, 0.4) is 0 Å². The van der Waals surface area contributed by atoms with E-state index in [1.165, 1.54) is 17.4 Å². The molecule has 2 amide bonds. The highest BCUT2D eigenvalue weighted by Crippen LogP contribution is 2.31. The molecule has 0 saturated carbocycles. The van der Waals surface area contributed by atoms with Crippen LogP contribution in [-0.2, 0) is 16.4 Å². The maximum Gasteiger partial charge on any atom is 0.320 e. The third-order valence-electron chi connectivity index (χ3n) is 6.53. The molecule has 2 atom stereocenters. The molecule has 31 heavy (non-hydrogen) atoms. The number of carbonyl (C=O) groups is 1. The SMILES string of the molecule is CS(=O)(=O)NC1CCN2C(=O)N3CC(/C=C/c4ccccc4-c4cccc(c4)CC12)C3. The van der Waals surface area contributed by atoms with Gasteiger partial charge < -0.3 is 9.80 Å². The summed E-state index contributed by atoms with van der Waals surface area (Å²) in [6, 6.07) is 16.3. The van der Waals surface area contributed by atoms with Crippen molar-refractivity contribution in [1.82, 2.24) is 14.5 Å². The average Bonchev–Trinajstić information content (AvgIpc) is 3.07. The number of sulfonamides is 1. The van der Waals surface area contributed by atoms with E-state index in [2.05, 4.69) is 53.3 Å². The number of rotatable bonds is 2. The molecule has 6 nitrogen and oxygen atoms in total. The molecule has 4 heterocycles. The van der Waals surface area contributed by atoms with Crippen LogP contribution in [0, 0.1) is 5.92 Å². The van der Waals surface area contributed by atoms with Crippen LogP contribution < -0.4 is 4.72 Å². The summed E-state index contributed by atoms with van der Waals surface area (Å²) >= 11 is 0. The molecule has 0 spiro atoms. The van der Waals surface area contributed by atoms with Crippen LogP contribution in [0.4, 0.5) is 4.79 Å². The summed E-state index contributed by atoms with van der Waals surface area (Å²) in [6.45, 7) is 1.97. The fourth-order valence-corrected chi connectivity index (χ4v) is 5.81. The van der Waals surface area contributed by atoms with Gasteiger partial charge >= 0.3 is 6.03 Å². The van der Waals surface area contributed by atoms with E-state index in [1.54, 1.807) is 0 Å². The Balaban J connectivity index is 1.56. The van der Waals surface area contributed by atoms with E-state index in [4.69, 9.17) is 0 Å². The van der Waals surface area contributed by atoms with Gasteiger partial charge in [-0.25, -0.2) is 17.9 Å². The molecule has 0 aliphatic carbocycles. The monoisotopic (exact) mass is 437 g/mol. The highest BCUT2D eigenvalue weighted by atomic mass is 32.2. The Morgan fingerprint density at radius 3 is 2.68 bits per heavy atom. The van der Waals surface area contributed by atoms with Crippen LogP contribution in [0.5, 0.6) is 0 Å². The van der Waals surface area contributed by atoms with Crippen LogP contribution in [0.15, 0.2) is 54.6 Å². The fraction of sp³-hybridized carbons (Fsp3) is 0.375. The topological polar surface area (TPSA) is 69.7 Å². The number of amides is 2. The van der Waals surface area contributed by atoms with Crippen LogP contribution in [0.1, 0.15) is 17.5 Å². The molecular formula is C24H27N3O3S. The molecule has 0 aromatic heterocycles. The van der Waals surface area contributed by atoms with Gasteiger partial charge in [0.25, 0.3) is 0 Å². The predicted octanol–water partition coefficient (Wildman–Crippen LogP) is 2.97. The van der Waals surface area contributed by atoms with Crippen molar-refractivity contribution in [3.63, 3.8) is 0 Å².